The van der Waals surface area contributed by atoms with Crippen LogP contribution >= 0.6 is 22.7 Å². The van der Waals surface area contributed by atoms with Crippen LogP contribution in [0.15, 0.2) is 41.4 Å². The normalized spacial score (nSPS) is 12.3. The second kappa shape index (κ2) is 7.08. The summed E-state index contributed by atoms with van der Waals surface area (Å²) >= 11 is 2.21. The number of carbonyl (C=O) groups excluding carboxylic acids is 1. The highest BCUT2D eigenvalue weighted by atomic mass is 32.1. The number of benzene rings is 1. The fraction of sp³-hybridized carbons (Fsp3) is 0.125. The number of hydrogen-bond acceptors (Lipinski definition) is 5. The third-order valence-corrected chi connectivity index (χ3v) is 5.40. The Balaban J connectivity index is 1.93. The molecular formula is C16H12FN3O3S2. The van der Waals surface area contributed by atoms with E-state index < -0.39 is 10.8 Å². The minimum Gasteiger partial charge on any atom is -0.314 e. The molecule has 0 saturated heterocycles. The van der Waals surface area contributed by atoms with Gasteiger partial charge in [0.15, 0.2) is 4.80 Å². The predicted molar refractivity (Wildman–Crippen MR) is 96.0 cm³/mol. The summed E-state index contributed by atoms with van der Waals surface area (Å²) in [4.78, 5) is 27.3. The topological polar surface area (TPSA) is 77.5 Å². The zero-order valence-corrected chi connectivity index (χ0v) is 14.6. The SMILES string of the molecule is CCn1c(=NC(=O)C=Cc2ccc([N+](=O)[O-])s2)sc2cccc(F)c21. The third kappa shape index (κ3) is 3.57. The summed E-state index contributed by atoms with van der Waals surface area (Å²) in [5.74, 6) is -0.865. The highest BCUT2D eigenvalue weighted by Gasteiger charge is 2.10. The number of nitrogens with zero attached hydrogens (tertiary/aromatic N) is 3. The van der Waals surface area contributed by atoms with Gasteiger partial charge in [0.25, 0.3) is 5.91 Å². The number of thiophene rings is 1. The molecule has 0 aliphatic heterocycles. The van der Waals surface area contributed by atoms with E-state index in [0.717, 1.165) is 11.3 Å². The summed E-state index contributed by atoms with van der Waals surface area (Å²) in [6.07, 6.45) is 2.73. The van der Waals surface area contributed by atoms with Crippen molar-refractivity contribution in [3.05, 3.63) is 62.0 Å². The fourth-order valence-electron chi connectivity index (χ4n) is 2.28. The van der Waals surface area contributed by atoms with Crippen LogP contribution in [-0.4, -0.2) is 15.4 Å². The number of amides is 1. The number of fused-ring (bicyclic) bond motifs is 1. The van der Waals surface area contributed by atoms with Gasteiger partial charge >= 0.3 is 5.00 Å². The van der Waals surface area contributed by atoms with E-state index >= 15 is 0 Å². The molecule has 128 valence electrons. The monoisotopic (exact) mass is 377 g/mol. The molecule has 0 aliphatic carbocycles. The average Bonchev–Trinajstić information content (AvgIpc) is 3.17. The van der Waals surface area contributed by atoms with Crippen LogP contribution < -0.4 is 4.80 Å². The van der Waals surface area contributed by atoms with Gasteiger partial charge in [-0.3, -0.25) is 14.9 Å². The minimum atomic E-state index is -0.509. The van der Waals surface area contributed by atoms with Crippen molar-refractivity contribution >= 4 is 49.9 Å². The van der Waals surface area contributed by atoms with Crippen molar-refractivity contribution in [2.75, 3.05) is 0 Å². The first-order chi connectivity index (χ1) is 12.0. The molecular weight excluding hydrogens is 365 g/mol. The van der Waals surface area contributed by atoms with E-state index in [-0.39, 0.29) is 10.8 Å². The Morgan fingerprint density at radius 3 is 2.84 bits per heavy atom. The number of rotatable bonds is 4. The van der Waals surface area contributed by atoms with Crippen molar-refractivity contribution < 1.29 is 14.1 Å². The van der Waals surface area contributed by atoms with Crippen LogP contribution in [0.1, 0.15) is 11.8 Å². The first kappa shape index (κ1) is 17.2. The van der Waals surface area contributed by atoms with Gasteiger partial charge < -0.3 is 4.57 Å². The van der Waals surface area contributed by atoms with E-state index in [1.807, 2.05) is 6.92 Å². The summed E-state index contributed by atoms with van der Waals surface area (Å²) in [6, 6.07) is 7.71. The number of carbonyl (C=O) groups is 1. The van der Waals surface area contributed by atoms with Crippen LogP contribution in [0.3, 0.4) is 0 Å². The van der Waals surface area contributed by atoms with E-state index in [4.69, 9.17) is 0 Å². The Labute approximate surface area is 149 Å². The lowest BCUT2D eigenvalue weighted by atomic mass is 10.3. The zero-order chi connectivity index (χ0) is 18.0. The predicted octanol–water partition coefficient (Wildman–Crippen LogP) is 3.97. The van der Waals surface area contributed by atoms with E-state index in [0.29, 0.717) is 26.4 Å². The van der Waals surface area contributed by atoms with Gasteiger partial charge in [0.1, 0.15) is 5.82 Å². The lowest BCUT2D eigenvalue weighted by molar-refractivity contribution is -0.380. The van der Waals surface area contributed by atoms with Crippen molar-refractivity contribution in [1.82, 2.24) is 4.57 Å². The van der Waals surface area contributed by atoms with Crippen molar-refractivity contribution in [3.8, 4) is 0 Å². The van der Waals surface area contributed by atoms with Gasteiger partial charge in [-0.2, -0.15) is 4.99 Å². The number of nitro groups is 1. The van der Waals surface area contributed by atoms with Crippen molar-refractivity contribution in [2.24, 2.45) is 4.99 Å². The zero-order valence-electron chi connectivity index (χ0n) is 13.0. The number of aryl methyl sites for hydroxylation is 1. The summed E-state index contributed by atoms with van der Waals surface area (Å²) in [6.45, 7) is 2.33. The Bertz CT molecular complexity index is 1060. The third-order valence-electron chi connectivity index (χ3n) is 3.36. The molecule has 0 spiro atoms. The molecule has 0 unspecified atom stereocenters. The molecule has 0 N–H and O–H groups in total. The Morgan fingerprint density at radius 2 is 2.16 bits per heavy atom. The molecule has 2 heterocycles. The van der Waals surface area contributed by atoms with Crippen LogP contribution in [0.5, 0.6) is 0 Å². The van der Waals surface area contributed by atoms with E-state index in [9.17, 15) is 19.3 Å². The van der Waals surface area contributed by atoms with Crippen LogP contribution in [0, 0.1) is 15.9 Å². The largest absolute Gasteiger partial charge is 0.324 e. The second-order valence-electron chi connectivity index (χ2n) is 4.93. The van der Waals surface area contributed by atoms with Gasteiger partial charge in [-0.25, -0.2) is 4.39 Å². The lowest BCUT2D eigenvalue weighted by Crippen LogP contribution is -2.15. The summed E-state index contributed by atoms with van der Waals surface area (Å²) in [5, 5.41) is 10.7. The van der Waals surface area contributed by atoms with Crippen molar-refractivity contribution in [3.63, 3.8) is 0 Å². The molecule has 0 radical (unpaired) electrons. The lowest BCUT2D eigenvalue weighted by Gasteiger charge is -2.00. The smallest absolute Gasteiger partial charge is 0.314 e. The summed E-state index contributed by atoms with van der Waals surface area (Å²) in [7, 11) is 0. The molecule has 25 heavy (non-hydrogen) atoms. The maximum absolute atomic E-state index is 14.0. The van der Waals surface area contributed by atoms with E-state index in [1.54, 1.807) is 22.8 Å². The standard InChI is InChI=1S/C16H12FN3O3S2/c1-2-19-15-11(17)4-3-5-12(15)25-16(19)18-13(21)8-6-10-7-9-14(24-10)20(22)23/h3-9H,2H2,1H3. The maximum atomic E-state index is 14.0. The van der Waals surface area contributed by atoms with Crippen LogP contribution in [0.25, 0.3) is 16.3 Å². The van der Waals surface area contributed by atoms with Gasteiger partial charge in [-0.05, 0) is 31.2 Å². The fourth-order valence-corrected chi connectivity index (χ4v) is 4.12. The maximum Gasteiger partial charge on any atom is 0.324 e. The second-order valence-corrected chi connectivity index (χ2v) is 7.03. The number of hydrogen-bond donors (Lipinski definition) is 0. The van der Waals surface area contributed by atoms with Crippen LogP contribution in [0.2, 0.25) is 0 Å². The first-order valence-electron chi connectivity index (χ1n) is 7.28. The van der Waals surface area contributed by atoms with Crippen molar-refractivity contribution in [1.29, 1.82) is 0 Å². The molecule has 1 amide bonds. The number of thiazole rings is 1. The molecule has 3 aromatic rings. The van der Waals surface area contributed by atoms with Crippen molar-refractivity contribution in [2.45, 2.75) is 13.5 Å². The molecule has 9 heteroatoms. The molecule has 0 atom stereocenters. The Hall–Kier alpha value is -2.65. The number of aromatic nitrogens is 1. The Morgan fingerprint density at radius 1 is 1.36 bits per heavy atom. The van der Waals surface area contributed by atoms with Gasteiger partial charge in [0, 0.05) is 23.6 Å². The highest BCUT2D eigenvalue weighted by Crippen LogP contribution is 2.25. The van der Waals surface area contributed by atoms with Gasteiger partial charge in [-0.1, -0.05) is 28.7 Å². The quantitative estimate of drug-likeness (QED) is 0.392. The molecule has 2 aromatic heterocycles. The summed E-state index contributed by atoms with van der Waals surface area (Å²) in [5.41, 5.74) is 0.430. The van der Waals surface area contributed by atoms with E-state index in [2.05, 4.69) is 4.99 Å². The number of para-hydroxylation sites is 1. The van der Waals surface area contributed by atoms with Gasteiger partial charge in [0.2, 0.25) is 0 Å². The molecule has 0 fully saturated rings. The van der Waals surface area contributed by atoms with Crippen LogP contribution in [-0.2, 0) is 11.3 Å². The highest BCUT2D eigenvalue weighted by molar-refractivity contribution is 7.16. The van der Waals surface area contributed by atoms with E-state index in [1.165, 1.54) is 35.6 Å². The van der Waals surface area contributed by atoms with Gasteiger partial charge in [0.05, 0.1) is 15.1 Å². The minimum absolute atomic E-state index is 0.00726. The summed E-state index contributed by atoms with van der Waals surface area (Å²) < 4.78 is 16.4. The number of halogens is 1. The molecule has 0 aliphatic rings. The molecule has 0 bridgehead atoms. The molecule has 3 rings (SSSR count). The molecule has 6 nitrogen and oxygen atoms in total. The molecule has 1 aromatic carbocycles. The van der Waals surface area contributed by atoms with Gasteiger partial charge in [-0.15, -0.1) is 0 Å². The van der Waals surface area contributed by atoms with Crippen LogP contribution in [0.4, 0.5) is 9.39 Å². The average molecular weight is 377 g/mol. The Kier molecular flexibility index (Phi) is 4.86. The first-order valence-corrected chi connectivity index (χ1v) is 8.91. The molecule has 0 saturated carbocycles.